The summed E-state index contributed by atoms with van der Waals surface area (Å²) in [6.07, 6.45) is 12.7. The predicted molar refractivity (Wildman–Crippen MR) is 117 cm³/mol. The number of hydrogen-bond acceptors (Lipinski definition) is 4. The van der Waals surface area contributed by atoms with Gasteiger partial charge in [-0.3, -0.25) is 9.89 Å². The quantitative estimate of drug-likeness (QED) is 0.288. The molecule has 0 aliphatic heterocycles. The number of aryl methyl sites for hydroxylation is 1. The van der Waals surface area contributed by atoms with Gasteiger partial charge in [-0.05, 0) is 13.3 Å². The highest BCUT2D eigenvalue weighted by Gasteiger charge is 2.27. The SMILES string of the molecule is CCCCCCCCCCCCOC(=O)C(C)C(C)c1nc2c(Cl)c(C)[nH]n2n1. The van der Waals surface area contributed by atoms with Crippen LogP contribution in [0.1, 0.15) is 102 Å². The van der Waals surface area contributed by atoms with Gasteiger partial charge in [0.2, 0.25) is 0 Å². The molecule has 7 heteroatoms. The molecule has 2 unspecified atom stereocenters. The molecule has 2 heterocycles. The Kier molecular flexibility index (Phi) is 9.98. The third kappa shape index (κ3) is 7.02. The first kappa shape index (κ1) is 23.7. The third-order valence-electron chi connectivity index (χ3n) is 5.69. The molecule has 2 atom stereocenters. The minimum atomic E-state index is -0.301. The van der Waals surface area contributed by atoms with E-state index in [9.17, 15) is 4.79 Å². The first-order valence-corrected chi connectivity index (χ1v) is 11.6. The number of carbonyl (C=O) groups excluding carboxylic acids is 1. The lowest BCUT2D eigenvalue weighted by Crippen LogP contribution is -2.21. The molecule has 6 nitrogen and oxygen atoms in total. The molecule has 164 valence electrons. The number of aromatic amines is 1. The average molecular weight is 425 g/mol. The summed E-state index contributed by atoms with van der Waals surface area (Å²) in [6.45, 7) is 8.43. The van der Waals surface area contributed by atoms with Crippen LogP contribution in [0, 0.1) is 12.8 Å². The zero-order valence-corrected chi connectivity index (χ0v) is 19.2. The van der Waals surface area contributed by atoms with E-state index >= 15 is 0 Å². The van der Waals surface area contributed by atoms with Crippen molar-refractivity contribution in [1.29, 1.82) is 0 Å². The number of halogens is 1. The van der Waals surface area contributed by atoms with Gasteiger partial charge in [-0.1, -0.05) is 90.2 Å². The molecule has 1 N–H and O–H groups in total. The number of esters is 1. The van der Waals surface area contributed by atoms with Crippen LogP contribution in [0.4, 0.5) is 0 Å². The molecule has 0 radical (unpaired) electrons. The van der Waals surface area contributed by atoms with Gasteiger partial charge in [0.15, 0.2) is 11.5 Å². The van der Waals surface area contributed by atoms with Gasteiger partial charge < -0.3 is 4.74 Å². The van der Waals surface area contributed by atoms with E-state index in [4.69, 9.17) is 16.3 Å². The fourth-order valence-corrected chi connectivity index (χ4v) is 3.60. The van der Waals surface area contributed by atoms with Crippen molar-refractivity contribution in [1.82, 2.24) is 19.8 Å². The van der Waals surface area contributed by atoms with Crippen LogP contribution >= 0.6 is 11.6 Å². The number of nitrogens with one attached hydrogen (secondary N) is 1. The molecule has 29 heavy (non-hydrogen) atoms. The predicted octanol–water partition coefficient (Wildman–Crippen LogP) is 6.22. The van der Waals surface area contributed by atoms with Gasteiger partial charge in [0.1, 0.15) is 5.02 Å². The Morgan fingerprint density at radius 1 is 1.07 bits per heavy atom. The summed E-state index contributed by atoms with van der Waals surface area (Å²) in [5, 5.41) is 8.02. The van der Waals surface area contributed by atoms with E-state index in [1.54, 1.807) is 4.63 Å². The summed E-state index contributed by atoms with van der Waals surface area (Å²) in [7, 11) is 0. The number of aromatic nitrogens is 4. The Labute approximate surface area is 179 Å². The van der Waals surface area contributed by atoms with Crippen LogP contribution in [-0.2, 0) is 9.53 Å². The summed E-state index contributed by atoms with van der Waals surface area (Å²) in [5.41, 5.74) is 1.42. The highest BCUT2D eigenvalue weighted by Crippen LogP contribution is 2.26. The number of unbranched alkanes of at least 4 members (excludes halogenated alkanes) is 9. The standard InChI is InChI=1S/C22H37ClN4O2/c1-5-6-7-8-9-10-11-12-13-14-15-29-22(28)17(3)16(2)20-24-21-19(23)18(4)25-27(21)26-20/h16-17,25H,5-15H2,1-4H3. The minimum absolute atomic E-state index is 0.139. The molecule has 2 rings (SSSR count). The van der Waals surface area contributed by atoms with Crippen LogP contribution in [0.3, 0.4) is 0 Å². The smallest absolute Gasteiger partial charge is 0.309 e. The lowest BCUT2D eigenvalue weighted by molar-refractivity contribution is -0.148. The molecule has 0 amide bonds. The van der Waals surface area contributed by atoms with Crippen LogP contribution in [0.25, 0.3) is 5.65 Å². The summed E-state index contributed by atoms with van der Waals surface area (Å²) in [6, 6.07) is 0. The van der Waals surface area contributed by atoms with Crippen LogP contribution in [-0.4, -0.2) is 32.4 Å². The van der Waals surface area contributed by atoms with Crippen molar-refractivity contribution >= 4 is 23.2 Å². The maximum absolute atomic E-state index is 12.4. The van der Waals surface area contributed by atoms with Gasteiger partial charge in [0.25, 0.3) is 0 Å². The molecule has 0 aliphatic carbocycles. The van der Waals surface area contributed by atoms with Crippen molar-refractivity contribution in [2.75, 3.05) is 6.61 Å². The Morgan fingerprint density at radius 2 is 1.66 bits per heavy atom. The number of rotatable bonds is 14. The van der Waals surface area contributed by atoms with Crippen LogP contribution < -0.4 is 0 Å². The van der Waals surface area contributed by atoms with Gasteiger partial charge in [0, 0.05) is 5.92 Å². The highest BCUT2D eigenvalue weighted by atomic mass is 35.5. The third-order valence-corrected chi connectivity index (χ3v) is 6.15. The topological polar surface area (TPSA) is 72.3 Å². The largest absolute Gasteiger partial charge is 0.465 e. The number of fused-ring (bicyclic) bond motifs is 1. The molecule has 2 aromatic heterocycles. The molecular weight excluding hydrogens is 388 g/mol. The maximum Gasteiger partial charge on any atom is 0.309 e. The molecule has 0 aliphatic rings. The Morgan fingerprint density at radius 3 is 2.24 bits per heavy atom. The number of hydrogen-bond donors (Lipinski definition) is 1. The van der Waals surface area contributed by atoms with Gasteiger partial charge in [-0.15, -0.1) is 5.10 Å². The fourth-order valence-electron chi connectivity index (χ4n) is 3.44. The zero-order chi connectivity index (χ0) is 21.2. The van der Waals surface area contributed by atoms with Gasteiger partial charge in [-0.25, -0.2) is 4.98 Å². The van der Waals surface area contributed by atoms with Crippen LogP contribution in [0.15, 0.2) is 0 Å². The van der Waals surface area contributed by atoms with E-state index in [0.29, 0.717) is 23.1 Å². The lowest BCUT2D eigenvalue weighted by Gasteiger charge is -2.16. The van der Waals surface area contributed by atoms with Gasteiger partial charge in [-0.2, -0.15) is 4.63 Å². The molecule has 0 saturated heterocycles. The molecule has 0 aromatic carbocycles. The second-order valence-corrected chi connectivity index (χ2v) is 8.56. The minimum Gasteiger partial charge on any atom is -0.465 e. The summed E-state index contributed by atoms with van der Waals surface area (Å²) >= 11 is 6.21. The Bertz CT molecular complexity index is 755. The maximum atomic E-state index is 12.4. The van der Waals surface area contributed by atoms with Crippen molar-refractivity contribution < 1.29 is 9.53 Å². The normalized spacial score (nSPS) is 13.7. The van der Waals surface area contributed by atoms with Crippen molar-refractivity contribution in [3.63, 3.8) is 0 Å². The van der Waals surface area contributed by atoms with Crippen molar-refractivity contribution in [2.45, 2.75) is 97.8 Å². The molecule has 0 saturated carbocycles. The van der Waals surface area contributed by atoms with E-state index in [0.717, 1.165) is 18.5 Å². The average Bonchev–Trinajstić information content (AvgIpc) is 3.24. The van der Waals surface area contributed by atoms with Gasteiger partial charge in [0.05, 0.1) is 18.2 Å². The van der Waals surface area contributed by atoms with E-state index < -0.39 is 0 Å². The van der Waals surface area contributed by atoms with Crippen molar-refractivity contribution in [2.24, 2.45) is 5.92 Å². The first-order chi connectivity index (χ1) is 14.0. The van der Waals surface area contributed by atoms with E-state index in [1.165, 1.54) is 51.4 Å². The summed E-state index contributed by atoms with van der Waals surface area (Å²) in [5.74, 6) is -0.0271. The van der Waals surface area contributed by atoms with Gasteiger partial charge >= 0.3 is 5.97 Å². The first-order valence-electron chi connectivity index (χ1n) is 11.2. The number of nitrogens with zero attached hydrogens (tertiary/aromatic N) is 3. The van der Waals surface area contributed by atoms with E-state index in [-0.39, 0.29) is 17.8 Å². The molecule has 0 fully saturated rings. The number of carbonyl (C=O) groups is 1. The van der Waals surface area contributed by atoms with Crippen LogP contribution in [0.5, 0.6) is 0 Å². The Balaban J connectivity index is 1.61. The summed E-state index contributed by atoms with van der Waals surface area (Å²) in [4.78, 5) is 16.9. The fraction of sp³-hybridized carbons (Fsp3) is 0.773. The number of ether oxygens (including phenoxy) is 1. The second kappa shape index (κ2) is 12.2. The van der Waals surface area contributed by atoms with Crippen molar-refractivity contribution in [3.05, 3.63) is 16.5 Å². The highest BCUT2D eigenvalue weighted by molar-refractivity contribution is 6.34. The van der Waals surface area contributed by atoms with E-state index in [1.807, 2.05) is 20.8 Å². The number of H-pyrrole nitrogens is 1. The molecular formula is C22H37ClN4O2. The van der Waals surface area contributed by atoms with Crippen LogP contribution in [0.2, 0.25) is 5.02 Å². The monoisotopic (exact) mass is 424 g/mol. The Hall–Kier alpha value is -1.56. The lowest BCUT2D eigenvalue weighted by atomic mass is 9.95. The molecule has 0 bridgehead atoms. The second-order valence-electron chi connectivity index (χ2n) is 8.18. The van der Waals surface area contributed by atoms with E-state index in [2.05, 4.69) is 22.1 Å². The zero-order valence-electron chi connectivity index (χ0n) is 18.5. The van der Waals surface area contributed by atoms with Crippen molar-refractivity contribution in [3.8, 4) is 0 Å². The molecule has 0 spiro atoms. The summed E-state index contributed by atoms with van der Waals surface area (Å²) < 4.78 is 7.04. The molecule has 2 aromatic rings.